The van der Waals surface area contributed by atoms with Gasteiger partial charge in [-0.2, -0.15) is 0 Å². The van der Waals surface area contributed by atoms with Crippen LogP contribution in [0.1, 0.15) is 20.8 Å². The molecule has 1 aliphatic rings. The summed E-state index contributed by atoms with van der Waals surface area (Å²) in [6.45, 7) is 3.48. The van der Waals surface area contributed by atoms with Gasteiger partial charge in [0, 0.05) is 20.8 Å². The first kappa shape index (κ1) is 21.6. The molecular weight excluding hydrogens is 390 g/mol. The molecule has 28 heavy (non-hydrogen) atoms. The molecule has 0 aromatic heterocycles. The van der Waals surface area contributed by atoms with Gasteiger partial charge in [0.25, 0.3) is 5.17 Å². The smallest absolute Gasteiger partial charge is 0.303 e. The fourth-order valence-corrected chi connectivity index (χ4v) is 2.82. The molecule has 152 valence electrons. The lowest BCUT2D eigenvalue weighted by Gasteiger charge is -2.40. The topological polar surface area (TPSA) is 109 Å². The molecule has 0 spiro atoms. The van der Waals surface area contributed by atoms with Crippen molar-refractivity contribution in [1.29, 1.82) is 0 Å². The van der Waals surface area contributed by atoms with Gasteiger partial charge in [-0.05, 0) is 24.4 Å². The first-order chi connectivity index (χ1) is 13.3. The van der Waals surface area contributed by atoms with Gasteiger partial charge in [-0.15, -0.1) is 0 Å². The fourth-order valence-electron chi connectivity index (χ4n) is 2.61. The zero-order chi connectivity index (χ0) is 20.7. The number of hydrogen-bond acceptors (Lipinski definition) is 9. The SMILES string of the molecule is CC(=O)OC1COC(NC(=S)Oc2ccccc2)C(OC(C)=O)C1OC(C)=O. The number of thiocarbonyl (C=S) groups is 1. The van der Waals surface area contributed by atoms with E-state index in [4.69, 9.17) is 35.9 Å². The molecule has 2 rings (SSSR count). The van der Waals surface area contributed by atoms with Gasteiger partial charge >= 0.3 is 17.9 Å². The number of esters is 3. The molecule has 9 nitrogen and oxygen atoms in total. The van der Waals surface area contributed by atoms with E-state index < -0.39 is 42.4 Å². The van der Waals surface area contributed by atoms with Crippen LogP contribution in [-0.2, 0) is 33.3 Å². The maximum Gasteiger partial charge on any atom is 0.303 e. The van der Waals surface area contributed by atoms with Crippen LogP contribution >= 0.6 is 12.2 Å². The van der Waals surface area contributed by atoms with Crippen LogP contribution in [0.15, 0.2) is 30.3 Å². The van der Waals surface area contributed by atoms with Gasteiger partial charge in [0.05, 0.1) is 6.61 Å². The van der Waals surface area contributed by atoms with Crippen molar-refractivity contribution >= 4 is 35.3 Å². The second kappa shape index (κ2) is 10.00. The Morgan fingerprint density at radius 1 is 0.964 bits per heavy atom. The van der Waals surface area contributed by atoms with Crippen molar-refractivity contribution in [2.45, 2.75) is 45.3 Å². The molecule has 1 fully saturated rings. The van der Waals surface area contributed by atoms with Crippen molar-refractivity contribution in [1.82, 2.24) is 5.32 Å². The van der Waals surface area contributed by atoms with Gasteiger partial charge in [0.2, 0.25) is 0 Å². The quantitative estimate of drug-likeness (QED) is 0.429. The Hall–Kier alpha value is -2.72. The number of ether oxygens (including phenoxy) is 5. The third-order valence-electron chi connectivity index (χ3n) is 3.56. The van der Waals surface area contributed by atoms with Gasteiger partial charge in [-0.25, -0.2) is 0 Å². The summed E-state index contributed by atoms with van der Waals surface area (Å²) in [6.07, 6.45) is -4.16. The summed E-state index contributed by atoms with van der Waals surface area (Å²) < 4.78 is 26.7. The van der Waals surface area contributed by atoms with Crippen LogP contribution in [0.4, 0.5) is 0 Å². The minimum atomic E-state index is -1.13. The molecule has 1 N–H and O–H groups in total. The van der Waals surface area contributed by atoms with Crippen molar-refractivity contribution < 1.29 is 38.1 Å². The molecule has 1 heterocycles. The summed E-state index contributed by atoms with van der Waals surface area (Å²) in [5.41, 5.74) is 0. The minimum Gasteiger partial charge on any atom is -0.456 e. The van der Waals surface area contributed by atoms with Gasteiger partial charge in [-0.1, -0.05) is 18.2 Å². The van der Waals surface area contributed by atoms with Crippen LogP contribution in [0.3, 0.4) is 0 Å². The summed E-state index contributed by atoms with van der Waals surface area (Å²) >= 11 is 5.16. The maximum atomic E-state index is 11.6. The number of hydrogen-bond donors (Lipinski definition) is 1. The summed E-state index contributed by atoms with van der Waals surface area (Å²) in [6, 6.07) is 8.78. The molecule has 0 amide bonds. The van der Waals surface area contributed by atoms with Crippen molar-refractivity contribution in [3.05, 3.63) is 30.3 Å². The average Bonchev–Trinajstić information content (AvgIpc) is 2.59. The van der Waals surface area contributed by atoms with Crippen LogP contribution in [0, 0.1) is 0 Å². The number of carbonyl (C=O) groups excluding carboxylic acids is 3. The molecule has 0 aliphatic carbocycles. The minimum absolute atomic E-state index is 0.0409. The van der Waals surface area contributed by atoms with Gasteiger partial charge in [-0.3, -0.25) is 14.4 Å². The van der Waals surface area contributed by atoms with Gasteiger partial charge in [0.1, 0.15) is 5.75 Å². The summed E-state index contributed by atoms with van der Waals surface area (Å²) in [5.74, 6) is -1.38. The second-order valence-corrected chi connectivity index (χ2v) is 6.27. The molecule has 0 radical (unpaired) electrons. The van der Waals surface area contributed by atoms with Crippen LogP contribution in [0.25, 0.3) is 0 Å². The molecule has 4 atom stereocenters. The number of carbonyl (C=O) groups is 3. The van der Waals surface area contributed by atoms with E-state index in [1.165, 1.54) is 20.8 Å². The molecule has 4 unspecified atom stereocenters. The van der Waals surface area contributed by atoms with E-state index in [-0.39, 0.29) is 11.8 Å². The van der Waals surface area contributed by atoms with Gasteiger partial charge < -0.3 is 29.0 Å². The van der Waals surface area contributed by atoms with Crippen LogP contribution < -0.4 is 10.1 Å². The van der Waals surface area contributed by atoms with Crippen molar-refractivity contribution in [2.75, 3.05) is 6.61 Å². The first-order valence-electron chi connectivity index (χ1n) is 8.43. The lowest BCUT2D eigenvalue weighted by Crippen LogP contribution is -2.62. The summed E-state index contributed by atoms with van der Waals surface area (Å²) in [5, 5.41) is 2.74. The molecular formula is C18H21NO8S. The zero-order valence-corrected chi connectivity index (χ0v) is 16.4. The van der Waals surface area contributed by atoms with Gasteiger partial charge in [0.15, 0.2) is 24.5 Å². The molecule has 10 heteroatoms. The zero-order valence-electron chi connectivity index (χ0n) is 15.6. The molecule has 0 saturated carbocycles. The van der Waals surface area contributed by atoms with E-state index >= 15 is 0 Å². The van der Waals surface area contributed by atoms with Crippen molar-refractivity contribution in [3.63, 3.8) is 0 Å². The lowest BCUT2D eigenvalue weighted by molar-refractivity contribution is -0.228. The standard InChI is InChI=1S/C18H21NO8S/c1-10(20)24-14-9-23-17(16(26-12(3)22)15(14)25-11(2)21)19-18(28)27-13-7-5-4-6-8-13/h4-8,14-17H,9H2,1-3H3,(H,19,28). The van der Waals surface area contributed by atoms with E-state index in [9.17, 15) is 14.4 Å². The average molecular weight is 411 g/mol. The maximum absolute atomic E-state index is 11.6. The fraction of sp³-hybridized carbons (Fsp3) is 0.444. The normalized spacial score (nSPS) is 23.8. The molecule has 1 aromatic rings. The predicted molar refractivity (Wildman–Crippen MR) is 99.2 cm³/mol. The number of para-hydroxylation sites is 1. The van der Waals surface area contributed by atoms with E-state index in [1.54, 1.807) is 24.3 Å². The largest absolute Gasteiger partial charge is 0.456 e. The highest BCUT2D eigenvalue weighted by Crippen LogP contribution is 2.23. The van der Waals surface area contributed by atoms with Crippen LogP contribution in [0.5, 0.6) is 5.75 Å². The Morgan fingerprint density at radius 2 is 1.54 bits per heavy atom. The monoisotopic (exact) mass is 411 g/mol. The van der Waals surface area contributed by atoms with Crippen LogP contribution in [-0.4, -0.2) is 54.2 Å². The highest BCUT2D eigenvalue weighted by Gasteiger charge is 2.47. The molecule has 1 aromatic carbocycles. The second-order valence-electron chi connectivity index (χ2n) is 5.90. The lowest BCUT2D eigenvalue weighted by atomic mass is 10.0. The Balaban J connectivity index is 2.16. The third kappa shape index (κ3) is 6.46. The molecule has 1 saturated heterocycles. The highest BCUT2D eigenvalue weighted by atomic mass is 32.1. The Bertz CT molecular complexity index is 726. The molecule has 1 aliphatic heterocycles. The Labute approximate surface area is 167 Å². The van der Waals surface area contributed by atoms with E-state index in [1.807, 2.05) is 6.07 Å². The first-order valence-corrected chi connectivity index (χ1v) is 8.83. The summed E-state index contributed by atoms with van der Waals surface area (Å²) in [4.78, 5) is 34.5. The van der Waals surface area contributed by atoms with E-state index in [0.717, 1.165) is 0 Å². The van der Waals surface area contributed by atoms with E-state index in [0.29, 0.717) is 5.75 Å². The Kier molecular flexibility index (Phi) is 7.70. The number of nitrogens with one attached hydrogen (secondary N) is 1. The Morgan fingerprint density at radius 3 is 2.11 bits per heavy atom. The predicted octanol–water partition coefficient (Wildman–Crippen LogP) is 1.09. The summed E-state index contributed by atoms with van der Waals surface area (Å²) in [7, 11) is 0. The van der Waals surface area contributed by atoms with E-state index in [2.05, 4.69) is 5.32 Å². The number of rotatable bonds is 5. The third-order valence-corrected chi connectivity index (χ3v) is 3.77. The van der Waals surface area contributed by atoms with Crippen LogP contribution in [0.2, 0.25) is 0 Å². The molecule has 0 bridgehead atoms. The van der Waals surface area contributed by atoms with Crippen molar-refractivity contribution in [2.24, 2.45) is 0 Å². The van der Waals surface area contributed by atoms with Crippen molar-refractivity contribution in [3.8, 4) is 5.75 Å². The highest BCUT2D eigenvalue weighted by molar-refractivity contribution is 7.80. The number of benzene rings is 1.